The Labute approximate surface area is 87.2 Å². The fourth-order valence-corrected chi connectivity index (χ4v) is 1.36. The summed E-state index contributed by atoms with van der Waals surface area (Å²) in [6, 6.07) is 6.11. The average Bonchev–Trinajstić information content (AvgIpc) is 2.07. The summed E-state index contributed by atoms with van der Waals surface area (Å²) in [5.41, 5.74) is 2.31. The number of aliphatic hydroxyl groups is 1. The van der Waals surface area contributed by atoms with E-state index >= 15 is 0 Å². The van der Waals surface area contributed by atoms with E-state index in [1.54, 1.807) is 13.0 Å². The van der Waals surface area contributed by atoms with Crippen LogP contribution in [0.5, 0.6) is 0 Å². The van der Waals surface area contributed by atoms with E-state index in [0.717, 1.165) is 10.0 Å². The molecular formula is C11H13BrO. The average molecular weight is 241 g/mol. The second-order valence-electron chi connectivity index (χ2n) is 3.11. The molecule has 1 atom stereocenters. The van der Waals surface area contributed by atoms with E-state index in [2.05, 4.69) is 15.9 Å². The minimum atomic E-state index is -0.389. The molecule has 0 saturated carbocycles. The van der Waals surface area contributed by atoms with Crippen molar-refractivity contribution >= 4 is 22.0 Å². The first-order valence-corrected chi connectivity index (χ1v) is 5.01. The number of rotatable bonds is 2. The molecule has 1 rings (SSSR count). The van der Waals surface area contributed by atoms with Gasteiger partial charge in [0, 0.05) is 4.47 Å². The Balaban J connectivity index is 2.85. The highest BCUT2D eigenvalue weighted by atomic mass is 79.9. The van der Waals surface area contributed by atoms with Crippen molar-refractivity contribution in [1.82, 2.24) is 0 Å². The molecule has 1 N–H and O–H groups in total. The van der Waals surface area contributed by atoms with Crippen LogP contribution in [0.2, 0.25) is 0 Å². The largest absolute Gasteiger partial charge is 0.389 e. The fourth-order valence-electron chi connectivity index (χ4n) is 0.963. The lowest BCUT2D eigenvalue weighted by molar-refractivity contribution is 0.245. The van der Waals surface area contributed by atoms with E-state index in [9.17, 15) is 0 Å². The van der Waals surface area contributed by atoms with Crippen LogP contribution in [0.25, 0.3) is 6.08 Å². The molecule has 0 fully saturated rings. The van der Waals surface area contributed by atoms with E-state index in [4.69, 9.17) is 5.11 Å². The van der Waals surface area contributed by atoms with E-state index in [1.807, 2.05) is 31.2 Å². The van der Waals surface area contributed by atoms with Crippen molar-refractivity contribution in [3.63, 3.8) is 0 Å². The molecule has 1 nitrogen and oxygen atoms in total. The van der Waals surface area contributed by atoms with Gasteiger partial charge in [0.05, 0.1) is 6.10 Å². The molecule has 1 unspecified atom stereocenters. The number of aliphatic hydroxyl groups excluding tert-OH is 1. The molecule has 0 bridgehead atoms. The highest BCUT2D eigenvalue weighted by Crippen LogP contribution is 2.18. The van der Waals surface area contributed by atoms with Crippen LogP contribution in [0.4, 0.5) is 0 Å². The van der Waals surface area contributed by atoms with Crippen molar-refractivity contribution in [2.45, 2.75) is 20.0 Å². The topological polar surface area (TPSA) is 20.2 Å². The first kappa shape index (κ1) is 10.5. The summed E-state index contributed by atoms with van der Waals surface area (Å²) in [5.74, 6) is 0. The smallest absolute Gasteiger partial charge is 0.0696 e. The van der Waals surface area contributed by atoms with Crippen molar-refractivity contribution in [2.24, 2.45) is 0 Å². The zero-order valence-corrected chi connectivity index (χ0v) is 9.38. The molecule has 0 heterocycles. The van der Waals surface area contributed by atoms with Crippen LogP contribution < -0.4 is 0 Å². The summed E-state index contributed by atoms with van der Waals surface area (Å²) < 4.78 is 1.10. The number of halogens is 1. The van der Waals surface area contributed by atoms with Crippen LogP contribution >= 0.6 is 15.9 Å². The zero-order valence-electron chi connectivity index (χ0n) is 7.79. The fraction of sp³-hybridized carbons (Fsp3) is 0.273. The summed E-state index contributed by atoms with van der Waals surface area (Å²) in [6.45, 7) is 3.78. The quantitative estimate of drug-likeness (QED) is 0.843. The van der Waals surface area contributed by atoms with Crippen molar-refractivity contribution < 1.29 is 5.11 Å². The SMILES string of the molecule is Cc1ccc(/C=C/C(C)O)cc1Br. The number of hydrogen-bond donors (Lipinski definition) is 1. The number of aryl methyl sites for hydroxylation is 1. The molecule has 0 aliphatic heterocycles. The van der Waals surface area contributed by atoms with Crippen molar-refractivity contribution in [2.75, 3.05) is 0 Å². The Kier molecular flexibility index (Phi) is 3.70. The molecule has 1 aromatic rings. The molecule has 70 valence electrons. The minimum Gasteiger partial charge on any atom is -0.389 e. The van der Waals surface area contributed by atoms with Gasteiger partial charge >= 0.3 is 0 Å². The third-order valence-corrected chi connectivity index (χ3v) is 2.62. The molecule has 0 amide bonds. The van der Waals surface area contributed by atoms with E-state index < -0.39 is 0 Å². The summed E-state index contributed by atoms with van der Waals surface area (Å²) >= 11 is 3.46. The Morgan fingerprint density at radius 2 is 2.15 bits per heavy atom. The summed E-state index contributed by atoms with van der Waals surface area (Å²) in [6.07, 6.45) is 3.28. The van der Waals surface area contributed by atoms with E-state index in [1.165, 1.54) is 5.56 Å². The van der Waals surface area contributed by atoms with Crippen LogP contribution in [0.3, 0.4) is 0 Å². The molecule has 2 heteroatoms. The highest BCUT2D eigenvalue weighted by Gasteiger charge is 1.94. The molecule has 13 heavy (non-hydrogen) atoms. The second kappa shape index (κ2) is 4.58. The summed E-state index contributed by atoms with van der Waals surface area (Å²) in [5, 5.41) is 9.04. The molecule has 0 radical (unpaired) electrons. The van der Waals surface area contributed by atoms with Gasteiger partial charge in [-0.05, 0) is 31.0 Å². The molecular weight excluding hydrogens is 228 g/mol. The van der Waals surface area contributed by atoms with Gasteiger partial charge in [0.1, 0.15) is 0 Å². The summed E-state index contributed by atoms with van der Waals surface area (Å²) in [7, 11) is 0. The maximum absolute atomic E-state index is 9.04. The molecule has 0 aliphatic carbocycles. The number of hydrogen-bond acceptors (Lipinski definition) is 1. The highest BCUT2D eigenvalue weighted by molar-refractivity contribution is 9.10. The predicted octanol–water partition coefficient (Wildman–Crippen LogP) is 3.15. The lowest BCUT2D eigenvalue weighted by Crippen LogP contribution is -1.91. The third kappa shape index (κ3) is 3.33. The van der Waals surface area contributed by atoms with Gasteiger partial charge in [0.15, 0.2) is 0 Å². The molecule has 0 saturated heterocycles. The lowest BCUT2D eigenvalue weighted by Gasteiger charge is -1.99. The molecule has 0 spiro atoms. The van der Waals surface area contributed by atoms with Crippen LogP contribution in [-0.4, -0.2) is 11.2 Å². The van der Waals surface area contributed by atoms with Gasteiger partial charge in [-0.15, -0.1) is 0 Å². The Morgan fingerprint density at radius 1 is 1.46 bits per heavy atom. The zero-order chi connectivity index (χ0) is 9.84. The molecule has 1 aromatic carbocycles. The summed E-state index contributed by atoms with van der Waals surface area (Å²) in [4.78, 5) is 0. The van der Waals surface area contributed by atoms with Crippen molar-refractivity contribution in [1.29, 1.82) is 0 Å². The van der Waals surface area contributed by atoms with Gasteiger partial charge in [0.25, 0.3) is 0 Å². The minimum absolute atomic E-state index is 0.389. The monoisotopic (exact) mass is 240 g/mol. The molecule has 0 aliphatic rings. The second-order valence-corrected chi connectivity index (χ2v) is 3.96. The lowest BCUT2D eigenvalue weighted by atomic mass is 10.1. The first-order chi connectivity index (χ1) is 6.09. The van der Waals surface area contributed by atoms with Gasteiger partial charge in [-0.1, -0.05) is 40.2 Å². The first-order valence-electron chi connectivity index (χ1n) is 4.22. The van der Waals surface area contributed by atoms with E-state index in [-0.39, 0.29) is 6.10 Å². The maximum atomic E-state index is 9.04. The van der Waals surface area contributed by atoms with Crippen molar-refractivity contribution in [3.8, 4) is 0 Å². The normalized spacial score (nSPS) is 13.5. The number of benzene rings is 1. The maximum Gasteiger partial charge on any atom is 0.0696 e. The van der Waals surface area contributed by atoms with Gasteiger partial charge < -0.3 is 5.11 Å². The van der Waals surface area contributed by atoms with Crippen LogP contribution in [0.15, 0.2) is 28.7 Å². The van der Waals surface area contributed by atoms with Gasteiger partial charge in [0.2, 0.25) is 0 Å². The Hall–Kier alpha value is -0.600. The standard InChI is InChI=1S/C11H13BrO/c1-8-3-5-10(7-11(8)12)6-4-9(2)13/h3-7,9,13H,1-2H3/b6-4+. The van der Waals surface area contributed by atoms with Gasteiger partial charge in [-0.25, -0.2) is 0 Å². The van der Waals surface area contributed by atoms with Crippen LogP contribution in [0.1, 0.15) is 18.1 Å². The van der Waals surface area contributed by atoms with E-state index in [0.29, 0.717) is 0 Å². The van der Waals surface area contributed by atoms with Crippen LogP contribution in [-0.2, 0) is 0 Å². The predicted molar refractivity (Wildman–Crippen MR) is 59.6 cm³/mol. The Morgan fingerprint density at radius 3 is 2.69 bits per heavy atom. The van der Waals surface area contributed by atoms with Crippen LogP contribution in [0, 0.1) is 6.92 Å². The third-order valence-electron chi connectivity index (χ3n) is 1.76. The van der Waals surface area contributed by atoms with Gasteiger partial charge in [-0.3, -0.25) is 0 Å². The van der Waals surface area contributed by atoms with Crippen molar-refractivity contribution in [3.05, 3.63) is 39.9 Å². The Bertz CT molecular complexity index is 316. The van der Waals surface area contributed by atoms with Gasteiger partial charge in [-0.2, -0.15) is 0 Å². The molecule has 0 aromatic heterocycles.